The molecular weight excluding hydrogens is 361 g/mol. The molecule has 0 fully saturated rings. The van der Waals surface area contributed by atoms with Gasteiger partial charge in [-0.2, -0.15) is 5.26 Å². The lowest BCUT2D eigenvalue weighted by atomic mass is 9.88. The Morgan fingerprint density at radius 3 is 2.64 bits per heavy atom. The number of hydrogen-bond donors (Lipinski definition) is 2. The minimum absolute atomic E-state index is 0.0639. The van der Waals surface area contributed by atoms with Gasteiger partial charge in [-0.1, -0.05) is 18.2 Å². The highest BCUT2D eigenvalue weighted by Crippen LogP contribution is 2.41. The number of halogens is 1. The van der Waals surface area contributed by atoms with E-state index in [0.717, 1.165) is 5.56 Å². The van der Waals surface area contributed by atoms with Gasteiger partial charge in [0.1, 0.15) is 11.4 Å². The fraction of sp³-hybridized carbons (Fsp3) is 0.0952. The van der Waals surface area contributed by atoms with Crippen LogP contribution in [-0.4, -0.2) is 21.6 Å². The summed E-state index contributed by atoms with van der Waals surface area (Å²) in [6.45, 7) is 0. The Kier molecular flexibility index (Phi) is 4.17. The zero-order valence-corrected chi connectivity index (χ0v) is 14.5. The normalized spacial score (nSPS) is 15.4. The van der Waals surface area contributed by atoms with Crippen molar-refractivity contribution in [1.82, 2.24) is 4.57 Å². The molecule has 0 spiro atoms. The van der Waals surface area contributed by atoms with Crippen molar-refractivity contribution in [2.24, 2.45) is 0 Å². The van der Waals surface area contributed by atoms with Crippen molar-refractivity contribution in [1.29, 1.82) is 5.26 Å². The van der Waals surface area contributed by atoms with Crippen LogP contribution in [0.4, 0.5) is 10.1 Å². The van der Waals surface area contributed by atoms with Crippen LogP contribution in [0.2, 0.25) is 0 Å². The van der Waals surface area contributed by atoms with Crippen LogP contribution in [0.1, 0.15) is 39.5 Å². The van der Waals surface area contributed by atoms with Gasteiger partial charge in [-0.05, 0) is 35.9 Å². The Bertz CT molecular complexity index is 1140. The fourth-order valence-corrected chi connectivity index (χ4v) is 3.54. The van der Waals surface area contributed by atoms with Gasteiger partial charge in [-0.3, -0.25) is 4.79 Å². The van der Waals surface area contributed by atoms with Crippen LogP contribution in [0.5, 0.6) is 0 Å². The molecule has 0 bridgehead atoms. The van der Waals surface area contributed by atoms with Gasteiger partial charge in [0.15, 0.2) is 0 Å². The van der Waals surface area contributed by atoms with Gasteiger partial charge in [0, 0.05) is 24.2 Å². The molecule has 2 aromatic carbocycles. The monoisotopic (exact) mass is 375 g/mol. The van der Waals surface area contributed by atoms with Crippen molar-refractivity contribution in [3.63, 3.8) is 0 Å². The number of carboxylic acid groups (broad SMARTS) is 1. The minimum Gasteiger partial charge on any atom is -0.478 e. The Hall–Kier alpha value is -3.92. The summed E-state index contributed by atoms with van der Waals surface area (Å²) in [5.74, 6) is -2.38. The van der Waals surface area contributed by atoms with E-state index < -0.39 is 17.7 Å². The molecule has 1 atom stereocenters. The molecule has 4 rings (SSSR count). The van der Waals surface area contributed by atoms with Crippen molar-refractivity contribution < 1.29 is 19.1 Å². The molecule has 138 valence electrons. The summed E-state index contributed by atoms with van der Waals surface area (Å²) < 4.78 is 15.4. The molecule has 0 aliphatic carbocycles. The molecule has 1 aromatic heterocycles. The molecule has 2 N–H and O–H groups in total. The number of nitrogens with one attached hydrogen (secondary N) is 1. The van der Waals surface area contributed by atoms with Crippen LogP contribution < -0.4 is 5.32 Å². The molecule has 0 radical (unpaired) electrons. The molecule has 6 nitrogen and oxygen atoms in total. The van der Waals surface area contributed by atoms with Gasteiger partial charge >= 0.3 is 5.97 Å². The highest BCUT2D eigenvalue weighted by atomic mass is 19.1. The van der Waals surface area contributed by atoms with Crippen LogP contribution in [0.25, 0.3) is 5.69 Å². The van der Waals surface area contributed by atoms with Crippen LogP contribution in [-0.2, 0) is 4.79 Å². The number of anilines is 1. The van der Waals surface area contributed by atoms with E-state index in [1.165, 1.54) is 24.4 Å². The lowest BCUT2D eigenvalue weighted by molar-refractivity contribution is -0.116. The molecule has 1 aliphatic heterocycles. The maximum absolute atomic E-state index is 13.8. The molecule has 0 saturated carbocycles. The average molecular weight is 375 g/mol. The van der Waals surface area contributed by atoms with Gasteiger partial charge in [0.05, 0.1) is 23.0 Å². The van der Waals surface area contributed by atoms with Gasteiger partial charge < -0.3 is 15.0 Å². The Labute approximate surface area is 159 Å². The number of aromatic nitrogens is 1. The van der Waals surface area contributed by atoms with E-state index in [2.05, 4.69) is 5.32 Å². The molecule has 0 unspecified atom stereocenters. The van der Waals surface area contributed by atoms with E-state index in [9.17, 15) is 19.1 Å². The highest BCUT2D eigenvalue weighted by Gasteiger charge is 2.34. The van der Waals surface area contributed by atoms with E-state index in [-0.39, 0.29) is 23.6 Å². The second-order valence-electron chi connectivity index (χ2n) is 6.50. The van der Waals surface area contributed by atoms with Crippen molar-refractivity contribution >= 4 is 17.6 Å². The van der Waals surface area contributed by atoms with E-state index in [0.29, 0.717) is 16.9 Å². The highest BCUT2D eigenvalue weighted by molar-refractivity contribution is 6.04. The fourth-order valence-electron chi connectivity index (χ4n) is 3.54. The summed E-state index contributed by atoms with van der Waals surface area (Å²) in [5, 5.41) is 21.2. The smallest absolute Gasteiger partial charge is 0.339 e. The third-order valence-electron chi connectivity index (χ3n) is 4.79. The first-order valence-electron chi connectivity index (χ1n) is 8.52. The SMILES string of the molecule is N#Cc1ccc([C@H]2CC(=O)Nc3c(C(=O)O)cn(-c4cccc(F)c4)c32)cc1. The number of fused-ring (bicyclic) bond motifs is 1. The zero-order chi connectivity index (χ0) is 19.8. The third-order valence-corrected chi connectivity index (χ3v) is 4.79. The summed E-state index contributed by atoms with van der Waals surface area (Å²) in [5.41, 5.74) is 2.41. The molecule has 1 amide bonds. The van der Waals surface area contributed by atoms with E-state index >= 15 is 0 Å². The Morgan fingerprint density at radius 2 is 2.00 bits per heavy atom. The van der Waals surface area contributed by atoms with Crippen molar-refractivity contribution in [3.8, 4) is 11.8 Å². The molecule has 2 heterocycles. The van der Waals surface area contributed by atoms with Crippen LogP contribution >= 0.6 is 0 Å². The van der Waals surface area contributed by atoms with E-state index in [1.54, 1.807) is 34.9 Å². The predicted octanol–water partition coefficient (Wildman–Crippen LogP) is 3.66. The number of nitrogens with zero attached hydrogens (tertiary/aromatic N) is 2. The largest absolute Gasteiger partial charge is 0.478 e. The summed E-state index contributed by atoms with van der Waals surface area (Å²) in [4.78, 5) is 24.0. The molecule has 0 saturated heterocycles. The number of rotatable bonds is 3. The van der Waals surface area contributed by atoms with Gasteiger partial charge in [0.2, 0.25) is 5.91 Å². The lowest BCUT2D eigenvalue weighted by Crippen LogP contribution is -2.25. The quantitative estimate of drug-likeness (QED) is 0.730. The predicted molar refractivity (Wildman–Crippen MR) is 98.9 cm³/mol. The van der Waals surface area contributed by atoms with Gasteiger partial charge in [0.25, 0.3) is 0 Å². The first-order chi connectivity index (χ1) is 13.5. The zero-order valence-electron chi connectivity index (χ0n) is 14.5. The first kappa shape index (κ1) is 17.5. The van der Waals surface area contributed by atoms with Crippen molar-refractivity contribution in [3.05, 3.63) is 82.9 Å². The Balaban J connectivity index is 1.95. The molecule has 28 heavy (non-hydrogen) atoms. The van der Waals surface area contributed by atoms with Crippen LogP contribution in [0.15, 0.2) is 54.7 Å². The second kappa shape index (κ2) is 6.67. The number of carbonyl (C=O) groups excluding carboxylic acids is 1. The summed E-state index contributed by atoms with van der Waals surface area (Å²) >= 11 is 0. The minimum atomic E-state index is -1.19. The maximum atomic E-state index is 13.8. The topological polar surface area (TPSA) is 95.1 Å². The van der Waals surface area contributed by atoms with E-state index in [4.69, 9.17) is 5.26 Å². The second-order valence-corrected chi connectivity index (χ2v) is 6.50. The van der Waals surface area contributed by atoms with Crippen LogP contribution in [0.3, 0.4) is 0 Å². The Morgan fingerprint density at radius 1 is 1.25 bits per heavy atom. The molecule has 1 aliphatic rings. The number of nitriles is 1. The number of amides is 1. The summed E-state index contributed by atoms with van der Waals surface area (Å²) in [6, 6.07) is 14.6. The summed E-state index contributed by atoms with van der Waals surface area (Å²) in [6.07, 6.45) is 1.50. The summed E-state index contributed by atoms with van der Waals surface area (Å²) in [7, 11) is 0. The van der Waals surface area contributed by atoms with Gasteiger partial charge in [-0.15, -0.1) is 0 Å². The molecule has 7 heteroatoms. The van der Waals surface area contributed by atoms with Crippen LogP contribution in [0, 0.1) is 17.1 Å². The van der Waals surface area contributed by atoms with Gasteiger partial charge in [-0.25, -0.2) is 9.18 Å². The number of hydrogen-bond acceptors (Lipinski definition) is 3. The number of carboxylic acids is 1. The maximum Gasteiger partial charge on any atom is 0.339 e. The first-order valence-corrected chi connectivity index (χ1v) is 8.52. The third kappa shape index (κ3) is 2.91. The molecular formula is C21H14FN3O3. The molecule has 3 aromatic rings. The number of benzene rings is 2. The van der Waals surface area contributed by atoms with E-state index in [1.807, 2.05) is 6.07 Å². The average Bonchev–Trinajstić information content (AvgIpc) is 3.07. The lowest BCUT2D eigenvalue weighted by Gasteiger charge is -2.26. The number of carbonyl (C=O) groups is 2. The standard InChI is InChI=1S/C21H14FN3O3/c22-14-2-1-3-15(8-14)25-11-17(21(27)28)19-20(25)16(9-18(26)24-19)13-6-4-12(10-23)5-7-13/h1-8,11,16H,9H2,(H,24,26)(H,27,28)/t16-/m1/s1. The number of aromatic carboxylic acids is 1. The van der Waals surface area contributed by atoms with Crippen molar-refractivity contribution in [2.45, 2.75) is 12.3 Å². The van der Waals surface area contributed by atoms with Crippen molar-refractivity contribution in [2.75, 3.05) is 5.32 Å².